The SMILES string of the molecule is CCC1CC(C(C)(C)Cl)C1. The minimum atomic E-state index is 0.0473. The van der Waals surface area contributed by atoms with Crippen LogP contribution in [0.25, 0.3) is 0 Å². The predicted molar refractivity (Wildman–Crippen MR) is 46.4 cm³/mol. The fraction of sp³-hybridized carbons (Fsp3) is 1.00. The topological polar surface area (TPSA) is 0 Å². The van der Waals surface area contributed by atoms with Crippen LogP contribution < -0.4 is 0 Å². The summed E-state index contributed by atoms with van der Waals surface area (Å²) in [5, 5.41) is 0. The van der Waals surface area contributed by atoms with Crippen LogP contribution in [0, 0.1) is 11.8 Å². The highest BCUT2D eigenvalue weighted by molar-refractivity contribution is 6.23. The average molecular weight is 161 g/mol. The van der Waals surface area contributed by atoms with Gasteiger partial charge in [-0.25, -0.2) is 0 Å². The summed E-state index contributed by atoms with van der Waals surface area (Å²) in [4.78, 5) is 0.0473. The molecule has 0 bridgehead atoms. The summed E-state index contributed by atoms with van der Waals surface area (Å²) in [7, 11) is 0. The summed E-state index contributed by atoms with van der Waals surface area (Å²) >= 11 is 6.16. The first-order chi connectivity index (χ1) is 4.54. The molecule has 0 radical (unpaired) electrons. The molecule has 1 aliphatic carbocycles. The zero-order chi connectivity index (χ0) is 7.78. The first-order valence-corrected chi connectivity index (χ1v) is 4.60. The largest absolute Gasteiger partial charge is 0.120 e. The molecule has 0 spiro atoms. The number of halogens is 1. The molecule has 0 aliphatic heterocycles. The molecule has 1 aliphatic rings. The molecule has 60 valence electrons. The third-order valence-electron chi connectivity index (χ3n) is 2.78. The van der Waals surface area contributed by atoms with Crippen LogP contribution in [0.5, 0.6) is 0 Å². The lowest BCUT2D eigenvalue weighted by atomic mass is 9.68. The van der Waals surface area contributed by atoms with E-state index in [2.05, 4.69) is 20.8 Å². The van der Waals surface area contributed by atoms with Gasteiger partial charge in [0.25, 0.3) is 0 Å². The normalized spacial score (nSPS) is 33.6. The van der Waals surface area contributed by atoms with Crippen LogP contribution >= 0.6 is 11.6 Å². The van der Waals surface area contributed by atoms with Gasteiger partial charge >= 0.3 is 0 Å². The van der Waals surface area contributed by atoms with Crippen LogP contribution in [0.4, 0.5) is 0 Å². The maximum Gasteiger partial charge on any atom is 0.0419 e. The second-order valence-electron chi connectivity index (χ2n) is 4.01. The van der Waals surface area contributed by atoms with Crippen LogP contribution in [0.2, 0.25) is 0 Å². The van der Waals surface area contributed by atoms with Gasteiger partial charge < -0.3 is 0 Å². The van der Waals surface area contributed by atoms with Crippen molar-refractivity contribution in [3.8, 4) is 0 Å². The molecular formula is C9H17Cl. The molecule has 1 rings (SSSR count). The second kappa shape index (κ2) is 2.73. The van der Waals surface area contributed by atoms with Gasteiger partial charge in [0.2, 0.25) is 0 Å². The molecule has 0 unspecified atom stereocenters. The van der Waals surface area contributed by atoms with Gasteiger partial charge in [0.1, 0.15) is 0 Å². The molecule has 0 nitrogen and oxygen atoms in total. The Balaban J connectivity index is 2.26. The molecule has 0 heterocycles. The molecule has 0 amide bonds. The molecule has 0 atom stereocenters. The third-order valence-corrected chi connectivity index (χ3v) is 3.09. The quantitative estimate of drug-likeness (QED) is 0.543. The maximum atomic E-state index is 6.16. The summed E-state index contributed by atoms with van der Waals surface area (Å²) in [5.41, 5.74) is 0. The van der Waals surface area contributed by atoms with Crippen LogP contribution in [-0.4, -0.2) is 4.87 Å². The van der Waals surface area contributed by atoms with Crippen LogP contribution in [0.1, 0.15) is 40.0 Å². The van der Waals surface area contributed by atoms with E-state index in [1.54, 1.807) is 0 Å². The van der Waals surface area contributed by atoms with Crippen molar-refractivity contribution in [1.82, 2.24) is 0 Å². The number of hydrogen-bond acceptors (Lipinski definition) is 0. The lowest BCUT2D eigenvalue weighted by molar-refractivity contribution is 0.151. The zero-order valence-electron chi connectivity index (χ0n) is 7.15. The van der Waals surface area contributed by atoms with E-state index in [9.17, 15) is 0 Å². The summed E-state index contributed by atoms with van der Waals surface area (Å²) < 4.78 is 0. The highest BCUT2D eigenvalue weighted by atomic mass is 35.5. The lowest BCUT2D eigenvalue weighted by Gasteiger charge is -2.41. The molecule has 0 N–H and O–H groups in total. The smallest absolute Gasteiger partial charge is 0.0419 e. The van der Waals surface area contributed by atoms with Gasteiger partial charge in [-0.1, -0.05) is 13.3 Å². The average Bonchev–Trinajstić information content (AvgIpc) is 1.57. The second-order valence-corrected chi connectivity index (χ2v) is 4.98. The van der Waals surface area contributed by atoms with Crippen molar-refractivity contribution >= 4 is 11.6 Å². The minimum Gasteiger partial charge on any atom is -0.120 e. The number of alkyl halides is 1. The molecule has 0 saturated heterocycles. The van der Waals surface area contributed by atoms with E-state index in [4.69, 9.17) is 11.6 Å². The Morgan fingerprint density at radius 1 is 1.40 bits per heavy atom. The van der Waals surface area contributed by atoms with Crippen molar-refractivity contribution in [2.24, 2.45) is 11.8 Å². The molecule has 0 aromatic carbocycles. The Hall–Kier alpha value is 0.290. The van der Waals surface area contributed by atoms with Gasteiger partial charge in [-0.2, -0.15) is 0 Å². The van der Waals surface area contributed by atoms with E-state index in [1.165, 1.54) is 19.3 Å². The van der Waals surface area contributed by atoms with Crippen molar-refractivity contribution in [3.63, 3.8) is 0 Å². The Kier molecular flexibility index (Phi) is 2.29. The van der Waals surface area contributed by atoms with Crippen molar-refractivity contribution in [2.75, 3.05) is 0 Å². The summed E-state index contributed by atoms with van der Waals surface area (Å²) in [5.74, 6) is 1.75. The lowest BCUT2D eigenvalue weighted by Crippen LogP contribution is -2.36. The van der Waals surface area contributed by atoms with Gasteiger partial charge in [-0.05, 0) is 38.5 Å². The fourth-order valence-electron chi connectivity index (χ4n) is 1.63. The standard InChI is InChI=1S/C9H17Cl/c1-4-7-5-8(6-7)9(2,3)10/h7-8H,4-6H2,1-3H3. The van der Waals surface area contributed by atoms with E-state index in [1.807, 2.05) is 0 Å². The Labute approximate surface area is 69.0 Å². The fourth-order valence-corrected chi connectivity index (χ4v) is 1.81. The Morgan fingerprint density at radius 3 is 2.20 bits per heavy atom. The minimum absolute atomic E-state index is 0.0473. The monoisotopic (exact) mass is 160 g/mol. The first-order valence-electron chi connectivity index (χ1n) is 4.23. The predicted octanol–water partition coefficient (Wildman–Crippen LogP) is 3.44. The Bertz CT molecular complexity index is 106. The zero-order valence-corrected chi connectivity index (χ0v) is 7.91. The molecule has 0 aromatic heterocycles. The van der Waals surface area contributed by atoms with E-state index in [0.29, 0.717) is 0 Å². The Morgan fingerprint density at radius 2 is 1.90 bits per heavy atom. The van der Waals surface area contributed by atoms with E-state index < -0.39 is 0 Å². The van der Waals surface area contributed by atoms with Crippen molar-refractivity contribution in [1.29, 1.82) is 0 Å². The molecule has 10 heavy (non-hydrogen) atoms. The number of hydrogen-bond donors (Lipinski definition) is 0. The van der Waals surface area contributed by atoms with Gasteiger partial charge in [-0.15, -0.1) is 11.6 Å². The van der Waals surface area contributed by atoms with Crippen molar-refractivity contribution < 1.29 is 0 Å². The summed E-state index contributed by atoms with van der Waals surface area (Å²) in [6.07, 6.45) is 4.05. The van der Waals surface area contributed by atoms with Gasteiger partial charge in [0, 0.05) is 4.87 Å². The van der Waals surface area contributed by atoms with Crippen LogP contribution in [-0.2, 0) is 0 Å². The van der Waals surface area contributed by atoms with Crippen molar-refractivity contribution in [2.45, 2.75) is 44.9 Å². The maximum absolute atomic E-state index is 6.16. The van der Waals surface area contributed by atoms with E-state index >= 15 is 0 Å². The summed E-state index contributed by atoms with van der Waals surface area (Å²) in [6.45, 7) is 6.53. The molecule has 1 saturated carbocycles. The third kappa shape index (κ3) is 1.66. The highest BCUT2D eigenvalue weighted by Gasteiger charge is 2.37. The van der Waals surface area contributed by atoms with Gasteiger partial charge in [0.05, 0.1) is 0 Å². The van der Waals surface area contributed by atoms with Crippen molar-refractivity contribution in [3.05, 3.63) is 0 Å². The molecule has 1 heteroatoms. The van der Waals surface area contributed by atoms with E-state index in [-0.39, 0.29) is 4.87 Å². The van der Waals surface area contributed by atoms with Gasteiger partial charge in [0.15, 0.2) is 0 Å². The van der Waals surface area contributed by atoms with Crippen LogP contribution in [0.3, 0.4) is 0 Å². The first kappa shape index (κ1) is 8.39. The van der Waals surface area contributed by atoms with Gasteiger partial charge in [-0.3, -0.25) is 0 Å². The van der Waals surface area contributed by atoms with E-state index in [0.717, 1.165) is 11.8 Å². The van der Waals surface area contributed by atoms with Crippen LogP contribution in [0.15, 0.2) is 0 Å². The summed E-state index contributed by atoms with van der Waals surface area (Å²) in [6, 6.07) is 0. The highest BCUT2D eigenvalue weighted by Crippen LogP contribution is 2.44. The number of rotatable bonds is 2. The molecular weight excluding hydrogens is 144 g/mol. The molecule has 1 fully saturated rings. The molecule has 0 aromatic rings.